The first kappa shape index (κ1) is 9.57. The predicted octanol–water partition coefficient (Wildman–Crippen LogP) is 0.521. The van der Waals surface area contributed by atoms with E-state index in [2.05, 4.69) is 26.2 Å². The van der Waals surface area contributed by atoms with E-state index >= 15 is 0 Å². The lowest BCUT2D eigenvalue weighted by Gasteiger charge is -2.11. The summed E-state index contributed by atoms with van der Waals surface area (Å²) < 4.78 is 10.9. The lowest BCUT2D eigenvalue weighted by molar-refractivity contribution is 0.457. The van der Waals surface area contributed by atoms with Crippen LogP contribution < -0.4 is 0 Å². The normalized spacial score (nSPS) is 11.3. The maximum atomic E-state index is 5.53. The summed E-state index contributed by atoms with van der Waals surface area (Å²) in [5.74, 6) is 0. The highest BCUT2D eigenvalue weighted by Crippen LogP contribution is 1.90. The van der Waals surface area contributed by atoms with Crippen molar-refractivity contribution in [1.82, 2.24) is 0 Å². The van der Waals surface area contributed by atoms with Crippen LogP contribution in [-0.2, 0) is 8.23 Å². The van der Waals surface area contributed by atoms with Crippen molar-refractivity contribution in [1.29, 1.82) is 0 Å². The van der Waals surface area contributed by atoms with Gasteiger partial charge >= 0.3 is 9.28 Å². The van der Waals surface area contributed by atoms with E-state index < -0.39 is 18.3 Å². The van der Waals surface area contributed by atoms with E-state index in [0.717, 1.165) is 0 Å². The molecule has 0 aliphatic rings. The topological polar surface area (TPSA) is 18.5 Å². The molecule has 0 saturated carbocycles. The largest absolute Gasteiger partial charge is 0.439 e. The molecule has 0 rings (SSSR count). The van der Waals surface area contributed by atoms with Crippen molar-refractivity contribution in [3.05, 3.63) is 0 Å². The van der Waals surface area contributed by atoms with Crippen LogP contribution in [0, 0.1) is 0 Å². The Morgan fingerprint density at radius 1 is 1.44 bits per heavy atom. The maximum absolute atomic E-state index is 5.53. The number of rotatable bonds is 4. The molecule has 5 heteroatoms. The molecule has 0 aromatic carbocycles. The predicted molar refractivity (Wildman–Crippen MR) is 45.7 cm³/mol. The van der Waals surface area contributed by atoms with Gasteiger partial charge in [0.05, 0.1) is 0 Å². The van der Waals surface area contributed by atoms with E-state index in [0.29, 0.717) is 0 Å². The molecule has 0 heterocycles. The molecule has 0 spiro atoms. The Hall–Kier alpha value is 0.571. The Labute approximate surface area is 63.1 Å². The molecule has 0 aromatic rings. The van der Waals surface area contributed by atoms with Crippen LogP contribution in [0.1, 0.15) is 0 Å². The zero-order valence-corrected chi connectivity index (χ0v) is 9.78. The second-order valence-electron chi connectivity index (χ2n) is 2.01. The lowest BCUT2D eigenvalue weighted by atomic mass is 11.9. The Morgan fingerprint density at radius 3 is 2.33 bits per heavy atom. The molecule has 0 saturated heterocycles. The van der Waals surface area contributed by atoms with Crippen LogP contribution in [0.4, 0.5) is 0 Å². The Morgan fingerprint density at radius 2 is 2.00 bits per heavy atom. The van der Waals surface area contributed by atoms with Crippen LogP contribution in [0.3, 0.4) is 0 Å². The zero-order chi connectivity index (χ0) is 7.28. The van der Waals surface area contributed by atoms with Crippen molar-refractivity contribution in [3.8, 4) is 0 Å². The van der Waals surface area contributed by atoms with Crippen LogP contribution in [0.25, 0.3) is 0 Å². The van der Waals surface area contributed by atoms with Crippen LogP contribution in [0.15, 0.2) is 0 Å². The van der Waals surface area contributed by atoms with Crippen molar-refractivity contribution >= 4 is 28.1 Å². The Kier molecular flexibility index (Phi) is 5.70. The average Bonchev–Trinajstić information content (AvgIpc) is 1.63. The first-order valence-electron chi connectivity index (χ1n) is 3.11. The minimum Gasteiger partial charge on any atom is -0.439 e. The van der Waals surface area contributed by atoms with E-state index in [9.17, 15) is 0 Å². The fourth-order valence-corrected chi connectivity index (χ4v) is 5.23. The third kappa shape index (κ3) is 6.46. The quantitative estimate of drug-likeness (QED) is 0.585. The maximum Gasteiger partial charge on any atom is 0.358 e. The summed E-state index contributed by atoms with van der Waals surface area (Å²) >= 11 is 0. The molecule has 0 aliphatic carbocycles. The second-order valence-corrected chi connectivity index (χ2v) is 7.45. The van der Waals surface area contributed by atoms with E-state index in [4.69, 9.17) is 8.23 Å². The van der Waals surface area contributed by atoms with Crippen molar-refractivity contribution < 1.29 is 8.23 Å². The third-order valence-corrected chi connectivity index (χ3v) is 6.17. The number of hydrogen-bond acceptors (Lipinski definition) is 2. The molecule has 9 heavy (non-hydrogen) atoms. The summed E-state index contributed by atoms with van der Waals surface area (Å²) in [5.41, 5.74) is 0. The minimum absolute atomic E-state index is 0.173. The highest BCUT2D eigenvalue weighted by atomic mass is 28.4. The second kappa shape index (κ2) is 5.36. The van der Waals surface area contributed by atoms with Gasteiger partial charge in [-0.3, -0.25) is 0 Å². The molecule has 0 atom stereocenters. The van der Waals surface area contributed by atoms with Crippen LogP contribution in [0.2, 0.25) is 26.2 Å². The number of hydrogen-bond donors (Lipinski definition) is 0. The van der Waals surface area contributed by atoms with E-state index in [1.54, 1.807) is 0 Å². The fraction of sp³-hybridized carbons (Fsp3) is 1.00. The van der Waals surface area contributed by atoms with Gasteiger partial charge in [-0.2, -0.15) is 0 Å². The van der Waals surface area contributed by atoms with Gasteiger partial charge in [0.1, 0.15) is 0 Å². The molecule has 2 radical (unpaired) electrons. The summed E-state index contributed by atoms with van der Waals surface area (Å²) in [7, 11) is -1.49. The van der Waals surface area contributed by atoms with Crippen LogP contribution in [-0.4, -0.2) is 28.1 Å². The van der Waals surface area contributed by atoms with E-state index in [1.807, 2.05) is 0 Å². The zero-order valence-electron chi connectivity index (χ0n) is 6.47. The molecule has 0 aliphatic heterocycles. The molecule has 0 fully saturated rings. The standard InChI is InChI=1S/C4H14O2Si3/c1-7-5-9(4)6-8(2)3/h7-8H,1-4H3. The fourth-order valence-electron chi connectivity index (χ4n) is 0.526. The summed E-state index contributed by atoms with van der Waals surface area (Å²) in [6.45, 7) is 8.48. The molecule has 0 amide bonds. The highest BCUT2D eigenvalue weighted by molar-refractivity contribution is 6.63. The van der Waals surface area contributed by atoms with Gasteiger partial charge < -0.3 is 8.23 Å². The summed E-state index contributed by atoms with van der Waals surface area (Å²) in [6.07, 6.45) is 0. The molecule has 0 N–H and O–H groups in total. The lowest BCUT2D eigenvalue weighted by Crippen LogP contribution is -2.25. The molecule has 0 aromatic heterocycles. The van der Waals surface area contributed by atoms with Gasteiger partial charge in [-0.05, 0) is 26.2 Å². The van der Waals surface area contributed by atoms with Gasteiger partial charge in [0.25, 0.3) is 0 Å². The SMILES string of the molecule is C[SiH]O[Si](C)O[SiH](C)C. The van der Waals surface area contributed by atoms with Gasteiger partial charge in [0.2, 0.25) is 0 Å². The summed E-state index contributed by atoms with van der Waals surface area (Å²) in [6, 6.07) is 0. The average molecular weight is 178 g/mol. The smallest absolute Gasteiger partial charge is 0.358 e. The molecule has 2 nitrogen and oxygen atoms in total. The Bertz CT molecular complexity index is 68.8. The van der Waals surface area contributed by atoms with Crippen molar-refractivity contribution in [3.63, 3.8) is 0 Å². The van der Waals surface area contributed by atoms with Gasteiger partial charge in [0, 0.05) is 0 Å². The minimum atomic E-state index is -0.841. The monoisotopic (exact) mass is 178 g/mol. The first-order valence-corrected chi connectivity index (χ1v) is 9.34. The van der Waals surface area contributed by atoms with Crippen LogP contribution in [0.5, 0.6) is 0 Å². The van der Waals surface area contributed by atoms with Gasteiger partial charge in [-0.15, -0.1) is 0 Å². The van der Waals surface area contributed by atoms with Crippen molar-refractivity contribution in [2.24, 2.45) is 0 Å². The van der Waals surface area contributed by atoms with Gasteiger partial charge in [0.15, 0.2) is 18.8 Å². The van der Waals surface area contributed by atoms with Crippen LogP contribution >= 0.6 is 0 Å². The molecule has 54 valence electrons. The first-order chi connectivity index (χ1) is 4.16. The van der Waals surface area contributed by atoms with Crippen molar-refractivity contribution in [2.75, 3.05) is 0 Å². The summed E-state index contributed by atoms with van der Waals surface area (Å²) in [4.78, 5) is 0. The molecular weight excluding hydrogens is 164 g/mol. The van der Waals surface area contributed by atoms with Gasteiger partial charge in [-0.25, -0.2) is 0 Å². The Balaban J connectivity index is 3.15. The molecular formula is C4H14O2Si3. The third-order valence-electron chi connectivity index (χ3n) is 0.685. The summed E-state index contributed by atoms with van der Waals surface area (Å²) in [5, 5.41) is 0. The van der Waals surface area contributed by atoms with E-state index in [1.165, 1.54) is 0 Å². The molecule has 0 unspecified atom stereocenters. The molecule has 0 bridgehead atoms. The van der Waals surface area contributed by atoms with Gasteiger partial charge in [-0.1, -0.05) is 0 Å². The van der Waals surface area contributed by atoms with E-state index in [-0.39, 0.29) is 9.76 Å². The van der Waals surface area contributed by atoms with Crippen molar-refractivity contribution in [2.45, 2.75) is 26.2 Å². The highest BCUT2D eigenvalue weighted by Gasteiger charge is 2.07.